The van der Waals surface area contributed by atoms with E-state index in [0.29, 0.717) is 12.1 Å². The van der Waals surface area contributed by atoms with Crippen LogP contribution in [0.3, 0.4) is 0 Å². The molecule has 3 nitrogen and oxygen atoms in total. The quantitative estimate of drug-likeness (QED) is 0.789. The molecule has 1 fully saturated rings. The molecule has 0 amide bonds. The van der Waals surface area contributed by atoms with Gasteiger partial charge in [0.25, 0.3) is 0 Å². The topological polar surface area (TPSA) is 39.1 Å². The van der Waals surface area contributed by atoms with E-state index in [1.807, 2.05) is 0 Å². The van der Waals surface area contributed by atoms with Gasteiger partial charge in [-0.25, -0.2) is 0 Å². The Morgan fingerprint density at radius 1 is 1.39 bits per heavy atom. The van der Waals surface area contributed by atoms with Crippen LogP contribution in [0.5, 0.6) is 0 Å². The first-order valence-corrected chi connectivity index (χ1v) is 7.50. The van der Waals surface area contributed by atoms with Crippen LogP contribution < -0.4 is 5.32 Å². The second-order valence-electron chi connectivity index (χ2n) is 5.61. The van der Waals surface area contributed by atoms with Crippen LogP contribution in [0.1, 0.15) is 59.3 Å². The fraction of sp³-hybridized carbons (Fsp3) is 0.933. The number of rotatable bonds is 6. The number of nitrogens with zero attached hydrogens (tertiary/aromatic N) is 2. The van der Waals surface area contributed by atoms with Crippen LogP contribution in [0.2, 0.25) is 0 Å². The van der Waals surface area contributed by atoms with Crippen LogP contribution in [-0.4, -0.2) is 36.1 Å². The Hall–Kier alpha value is -0.590. The Morgan fingerprint density at radius 2 is 2.06 bits per heavy atom. The van der Waals surface area contributed by atoms with Crippen molar-refractivity contribution in [3.05, 3.63) is 0 Å². The predicted molar refractivity (Wildman–Crippen MR) is 76.4 cm³/mol. The van der Waals surface area contributed by atoms with Gasteiger partial charge in [-0.2, -0.15) is 5.26 Å². The van der Waals surface area contributed by atoms with Gasteiger partial charge in [-0.1, -0.05) is 20.8 Å². The van der Waals surface area contributed by atoms with E-state index < -0.39 is 0 Å². The third-order valence-electron chi connectivity index (χ3n) is 4.55. The minimum atomic E-state index is -0.280. The molecule has 1 aliphatic rings. The van der Waals surface area contributed by atoms with Gasteiger partial charge in [-0.3, -0.25) is 5.32 Å². The van der Waals surface area contributed by atoms with Crippen LogP contribution in [0.25, 0.3) is 0 Å². The average molecular weight is 251 g/mol. The molecule has 0 bridgehead atoms. The van der Waals surface area contributed by atoms with E-state index in [0.717, 1.165) is 25.8 Å². The first-order valence-electron chi connectivity index (χ1n) is 7.50. The summed E-state index contributed by atoms with van der Waals surface area (Å²) >= 11 is 0. The number of nitriles is 1. The fourth-order valence-corrected chi connectivity index (χ4v) is 3.40. The van der Waals surface area contributed by atoms with Gasteiger partial charge in [-0.05, 0) is 52.1 Å². The van der Waals surface area contributed by atoms with Crippen LogP contribution in [0.4, 0.5) is 0 Å². The van der Waals surface area contributed by atoms with Crippen molar-refractivity contribution in [2.45, 2.75) is 76.9 Å². The average Bonchev–Trinajstić information content (AvgIpc) is 2.40. The molecule has 1 aliphatic carbocycles. The lowest BCUT2D eigenvalue weighted by Crippen LogP contribution is -2.53. The Morgan fingerprint density at radius 3 is 2.56 bits per heavy atom. The van der Waals surface area contributed by atoms with Gasteiger partial charge in [0.15, 0.2) is 0 Å². The summed E-state index contributed by atoms with van der Waals surface area (Å²) in [6.07, 6.45) is 6.78. The summed E-state index contributed by atoms with van der Waals surface area (Å²) in [6.45, 7) is 7.49. The van der Waals surface area contributed by atoms with Gasteiger partial charge in [0, 0.05) is 12.1 Å². The van der Waals surface area contributed by atoms with Crippen molar-refractivity contribution in [2.24, 2.45) is 0 Å². The molecular formula is C15H29N3. The zero-order valence-corrected chi connectivity index (χ0v) is 12.5. The first-order chi connectivity index (χ1) is 8.62. The maximum absolute atomic E-state index is 9.49. The minimum absolute atomic E-state index is 0.280. The monoisotopic (exact) mass is 251 g/mol. The Kier molecular flexibility index (Phi) is 6.11. The number of hydrogen-bond acceptors (Lipinski definition) is 3. The maximum atomic E-state index is 9.49. The molecule has 0 radical (unpaired) electrons. The fourth-order valence-electron chi connectivity index (χ4n) is 3.40. The third-order valence-corrected chi connectivity index (χ3v) is 4.55. The van der Waals surface area contributed by atoms with Gasteiger partial charge < -0.3 is 4.90 Å². The predicted octanol–water partition coefficient (Wildman–Crippen LogP) is 2.92. The third kappa shape index (κ3) is 3.46. The van der Waals surface area contributed by atoms with Crippen molar-refractivity contribution in [1.82, 2.24) is 10.2 Å². The summed E-state index contributed by atoms with van der Waals surface area (Å²) in [5, 5.41) is 12.9. The molecular weight excluding hydrogens is 222 g/mol. The zero-order chi connectivity index (χ0) is 13.6. The van der Waals surface area contributed by atoms with E-state index in [2.05, 4.69) is 44.1 Å². The van der Waals surface area contributed by atoms with Gasteiger partial charge >= 0.3 is 0 Å². The van der Waals surface area contributed by atoms with Gasteiger partial charge in [0.1, 0.15) is 5.54 Å². The molecule has 3 heteroatoms. The minimum Gasteiger partial charge on any atom is -0.300 e. The molecule has 0 aromatic rings. The summed E-state index contributed by atoms with van der Waals surface area (Å²) in [6, 6.07) is 3.76. The van der Waals surface area contributed by atoms with Crippen molar-refractivity contribution in [2.75, 3.05) is 13.6 Å². The summed E-state index contributed by atoms with van der Waals surface area (Å²) < 4.78 is 0. The lowest BCUT2D eigenvalue weighted by atomic mass is 9.79. The highest BCUT2D eigenvalue weighted by atomic mass is 15.2. The SMILES string of the molecule is CCNC1(C#N)CCCC(N(C)C(CC)CC)C1. The Balaban J connectivity index is 2.71. The molecule has 0 aromatic carbocycles. The van der Waals surface area contributed by atoms with Crippen molar-refractivity contribution >= 4 is 0 Å². The highest BCUT2D eigenvalue weighted by molar-refractivity contribution is 5.11. The number of hydrogen-bond donors (Lipinski definition) is 1. The van der Waals surface area contributed by atoms with E-state index in [4.69, 9.17) is 0 Å². The molecule has 2 unspecified atom stereocenters. The molecule has 104 valence electrons. The summed E-state index contributed by atoms with van der Waals surface area (Å²) in [4.78, 5) is 2.52. The van der Waals surface area contributed by atoms with Gasteiger partial charge in [-0.15, -0.1) is 0 Å². The second-order valence-corrected chi connectivity index (χ2v) is 5.61. The maximum Gasteiger partial charge on any atom is 0.108 e. The van der Waals surface area contributed by atoms with Crippen LogP contribution in [0.15, 0.2) is 0 Å². The van der Waals surface area contributed by atoms with E-state index in [9.17, 15) is 5.26 Å². The standard InChI is InChI=1S/C15H29N3/c1-5-13(6-2)18(4)14-9-8-10-15(11-14,12-16)17-7-3/h13-14,17H,5-11H2,1-4H3. The molecule has 0 saturated heterocycles. The molecule has 0 aliphatic heterocycles. The van der Waals surface area contributed by atoms with Crippen molar-refractivity contribution in [3.8, 4) is 6.07 Å². The highest BCUT2D eigenvalue weighted by Crippen LogP contribution is 2.31. The van der Waals surface area contributed by atoms with Crippen molar-refractivity contribution < 1.29 is 0 Å². The normalized spacial score (nSPS) is 28.6. The molecule has 0 aromatic heterocycles. The second kappa shape index (κ2) is 7.11. The van der Waals surface area contributed by atoms with Gasteiger partial charge in [0.2, 0.25) is 0 Å². The molecule has 0 heterocycles. The van der Waals surface area contributed by atoms with Crippen molar-refractivity contribution in [1.29, 1.82) is 5.26 Å². The molecule has 1 saturated carbocycles. The first kappa shape index (κ1) is 15.5. The van der Waals surface area contributed by atoms with Crippen molar-refractivity contribution in [3.63, 3.8) is 0 Å². The Labute approximate surface area is 113 Å². The zero-order valence-electron chi connectivity index (χ0n) is 12.5. The molecule has 0 spiro atoms. The van der Waals surface area contributed by atoms with E-state index >= 15 is 0 Å². The number of nitrogens with one attached hydrogen (secondary N) is 1. The van der Waals surface area contributed by atoms with E-state index in [1.54, 1.807) is 0 Å². The molecule has 1 N–H and O–H groups in total. The smallest absolute Gasteiger partial charge is 0.108 e. The Bertz CT molecular complexity index is 276. The van der Waals surface area contributed by atoms with E-state index in [1.165, 1.54) is 19.3 Å². The summed E-state index contributed by atoms with van der Waals surface area (Å²) in [5.41, 5.74) is -0.280. The highest BCUT2D eigenvalue weighted by Gasteiger charge is 2.38. The molecule has 1 rings (SSSR count). The van der Waals surface area contributed by atoms with Crippen LogP contribution in [-0.2, 0) is 0 Å². The van der Waals surface area contributed by atoms with Gasteiger partial charge in [0.05, 0.1) is 6.07 Å². The molecule has 18 heavy (non-hydrogen) atoms. The largest absolute Gasteiger partial charge is 0.300 e. The summed E-state index contributed by atoms with van der Waals surface area (Å²) in [7, 11) is 2.24. The van der Waals surface area contributed by atoms with E-state index in [-0.39, 0.29) is 5.54 Å². The lowest BCUT2D eigenvalue weighted by Gasteiger charge is -2.42. The van der Waals surface area contributed by atoms with Crippen LogP contribution in [0, 0.1) is 11.3 Å². The molecule has 2 atom stereocenters. The summed E-state index contributed by atoms with van der Waals surface area (Å²) in [5.74, 6) is 0. The van der Waals surface area contributed by atoms with Crippen LogP contribution >= 0.6 is 0 Å². The lowest BCUT2D eigenvalue weighted by molar-refractivity contribution is 0.101.